The fourth-order valence-corrected chi connectivity index (χ4v) is 4.27. The highest BCUT2D eigenvalue weighted by atomic mass is 14.9. The van der Waals surface area contributed by atoms with E-state index in [0.717, 1.165) is 22.7 Å². The first kappa shape index (κ1) is 21.5. The van der Waals surface area contributed by atoms with E-state index in [1.807, 2.05) is 0 Å². The van der Waals surface area contributed by atoms with E-state index >= 15 is 0 Å². The van der Waals surface area contributed by atoms with Gasteiger partial charge in [-0.1, -0.05) is 78.9 Å². The van der Waals surface area contributed by atoms with Crippen molar-refractivity contribution >= 4 is 22.7 Å². The van der Waals surface area contributed by atoms with Crippen LogP contribution in [0, 0.1) is 13.8 Å². The zero-order valence-electron chi connectivity index (χ0n) is 19.5. The Morgan fingerprint density at radius 2 is 0.794 bits per heavy atom. The van der Waals surface area contributed by atoms with Crippen molar-refractivity contribution in [1.82, 2.24) is 0 Å². The second-order valence-corrected chi connectivity index (χ2v) is 8.62. The lowest BCUT2D eigenvalue weighted by Crippen LogP contribution is -1.94. The summed E-state index contributed by atoms with van der Waals surface area (Å²) in [6.45, 7) is 4.30. The van der Waals surface area contributed by atoms with Gasteiger partial charge in [-0.3, -0.25) is 0 Å². The lowest BCUT2D eigenvalue weighted by Gasteiger charge is -2.12. The normalized spacial score (nSPS) is 10.6. The monoisotopic (exact) mass is 440 g/mol. The minimum absolute atomic E-state index is 1.05. The fraction of sp³-hybridized carbons (Fsp3) is 0.0625. The van der Waals surface area contributed by atoms with Crippen molar-refractivity contribution in [3.05, 3.63) is 132 Å². The van der Waals surface area contributed by atoms with Gasteiger partial charge in [-0.15, -0.1) is 0 Å². The zero-order valence-corrected chi connectivity index (χ0v) is 19.5. The molecule has 5 rings (SSSR count). The molecule has 0 aliphatic rings. The van der Waals surface area contributed by atoms with Crippen LogP contribution in [0.5, 0.6) is 0 Å². The summed E-state index contributed by atoms with van der Waals surface area (Å²) < 4.78 is 0. The highest BCUT2D eigenvalue weighted by molar-refractivity contribution is 5.74. The van der Waals surface area contributed by atoms with Crippen molar-refractivity contribution in [1.29, 1.82) is 0 Å². The van der Waals surface area contributed by atoms with Crippen LogP contribution in [0.3, 0.4) is 0 Å². The molecule has 0 aliphatic carbocycles. The Morgan fingerprint density at radius 3 is 1.21 bits per heavy atom. The van der Waals surface area contributed by atoms with Gasteiger partial charge >= 0.3 is 0 Å². The fourth-order valence-electron chi connectivity index (χ4n) is 4.27. The van der Waals surface area contributed by atoms with Gasteiger partial charge in [0.15, 0.2) is 0 Å². The Bertz CT molecular complexity index is 1290. The number of anilines is 4. The number of benzene rings is 5. The summed E-state index contributed by atoms with van der Waals surface area (Å²) in [7, 11) is 0. The summed E-state index contributed by atoms with van der Waals surface area (Å²) in [6, 6.07) is 42.5. The van der Waals surface area contributed by atoms with Crippen molar-refractivity contribution in [3.63, 3.8) is 0 Å². The van der Waals surface area contributed by atoms with Gasteiger partial charge in [0, 0.05) is 22.7 Å². The molecule has 0 heterocycles. The number of hydrogen-bond donors (Lipinski definition) is 2. The molecule has 0 bridgehead atoms. The molecule has 0 atom stereocenters. The summed E-state index contributed by atoms with van der Waals surface area (Å²) in [6.07, 6.45) is 0. The molecule has 5 aromatic carbocycles. The Kier molecular flexibility index (Phi) is 6.13. The molecule has 0 saturated carbocycles. The molecule has 5 aromatic rings. The van der Waals surface area contributed by atoms with E-state index in [2.05, 4.69) is 146 Å². The van der Waals surface area contributed by atoms with E-state index in [9.17, 15) is 0 Å². The van der Waals surface area contributed by atoms with Crippen molar-refractivity contribution in [2.24, 2.45) is 0 Å². The largest absolute Gasteiger partial charge is 0.355 e. The summed E-state index contributed by atoms with van der Waals surface area (Å²) in [5.74, 6) is 0. The molecular weight excluding hydrogens is 412 g/mol. The van der Waals surface area contributed by atoms with Crippen LogP contribution in [-0.4, -0.2) is 0 Å². The Morgan fingerprint density at radius 1 is 0.382 bits per heavy atom. The van der Waals surface area contributed by atoms with Crippen molar-refractivity contribution in [2.45, 2.75) is 13.8 Å². The standard InChI is InChI=1S/C32H28N2/c1-23-8-3-5-12-31(23)25-14-18-27(19-15-25)33-29-10-7-11-30(22-29)34-28-20-16-26(17-21-28)32-13-6-4-9-24(32)2/h3-22,33-34H,1-2H3. The molecule has 0 amide bonds. The first-order chi connectivity index (χ1) is 16.7. The topological polar surface area (TPSA) is 24.1 Å². The second kappa shape index (κ2) is 9.68. The second-order valence-electron chi connectivity index (χ2n) is 8.62. The van der Waals surface area contributed by atoms with Crippen molar-refractivity contribution < 1.29 is 0 Å². The molecule has 0 spiro atoms. The number of aryl methyl sites for hydroxylation is 2. The van der Waals surface area contributed by atoms with Crippen LogP contribution in [-0.2, 0) is 0 Å². The maximum absolute atomic E-state index is 3.52. The average Bonchev–Trinajstić information content (AvgIpc) is 2.86. The highest BCUT2D eigenvalue weighted by Gasteiger charge is 2.04. The molecule has 166 valence electrons. The van der Waals surface area contributed by atoms with Crippen LogP contribution >= 0.6 is 0 Å². The lowest BCUT2D eigenvalue weighted by atomic mass is 10.0. The molecule has 2 nitrogen and oxygen atoms in total. The maximum atomic E-state index is 3.52. The number of rotatable bonds is 6. The van der Waals surface area contributed by atoms with Crippen LogP contribution < -0.4 is 10.6 Å². The molecule has 34 heavy (non-hydrogen) atoms. The maximum Gasteiger partial charge on any atom is 0.0405 e. The molecule has 2 N–H and O–H groups in total. The van der Waals surface area contributed by atoms with Crippen LogP contribution in [0.1, 0.15) is 11.1 Å². The molecular formula is C32H28N2. The summed E-state index contributed by atoms with van der Waals surface area (Å²) in [5, 5.41) is 7.04. The third-order valence-electron chi connectivity index (χ3n) is 6.12. The van der Waals surface area contributed by atoms with E-state index in [1.54, 1.807) is 0 Å². The average molecular weight is 441 g/mol. The lowest BCUT2D eigenvalue weighted by molar-refractivity contribution is 1.45. The minimum Gasteiger partial charge on any atom is -0.355 e. The summed E-state index contributed by atoms with van der Waals surface area (Å²) in [4.78, 5) is 0. The third kappa shape index (κ3) is 4.87. The van der Waals surface area contributed by atoms with Gasteiger partial charge < -0.3 is 10.6 Å². The minimum atomic E-state index is 1.05. The van der Waals surface area contributed by atoms with Crippen LogP contribution in [0.4, 0.5) is 22.7 Å². The van der Waals surface area contributed by atoms with Crippen LogP contribution in [0.25, 0.3) is 22.3 Å². The van der Waals surface area contributed by atoms with Gasteiger partial charge in [-0.05, 0) is 89.7 Å². The quantitative estimate of drug-likeness (QED) is 0.275. The predicted octanol–water partition coefficient (Wildman–Crippen LogP) is 9.12. The molecule has 0 radical (unpaired) electrons. The third-order valence-corrected chi connectivity index (χ3v) is 6.12. The van der Waals surface area contributed by atoms with Crippen LogP contribution in [0.15, 0.2) is 121 Å². The summed E-state index contributed by atoms with van der Waals surface area (Å²) >= 11 is 0. The van der Waals surface area contributed by atoms with Crippen molar-refractivity contribution in [3.8, 4) is 22.3 Å². The smallest absolute Gasteiger partial charge is 0.0405 e. The predicted molar refractivity (Wildman–Crippen MR) is 146 cm³/mol. The highest BCUT2D eigenvalue weighted by Crippen LogP contribution is 2.28. The molecule has 0 aromatic heterocycles. The van der Waals surface area contributed by atoms with E-state index in [0.29, 0.717) is 0 Å². The zero-order chi connectivity index (χ0) is 23.3. The van der Waals surface area contributed by atoms with Gasteiger partial charge in [-0.2, -0.15) is 0 Å². The van der Waals surface area contributed by atoms with Gasteiger partial charge in [-0.25, -0.2) is 0 Å². The van der Waals surface area contributed by atoms with E-state index in [4.69, 9.17) is 0 Å². The number of hydrogen-bond acceptors (Lipinski definition) is 2. The Balaban J connectivity index is 1.28. The SMILES string of the molecule is Cc1ccccc1-c1ccc(Nc2cccc(Nc3ccc(-c4ccccc4C)cc3)c2)cc1. The van der Waals surface area contributed by atoms with Crippen LogP contribution in [0.2, 0.25) is 0 Å². The van der Waals surface area contributed by atoms with E-state index in [-0.39, 0.29) is 0 Å². The van der Waals surface area contributed by atoms with E-state index < -0.39 is 0 Å². The molecule has 0 fully saturated rings. The first-order valence-corrected chi connectivity index (χ1v) is 11.6. The first-order valence-electron chi connectivity index (χ1n) is 11.6. The van der Waals surface area contributed by atoms with Gasteiger partial charge in [0.25, 0.3) is 0 Å². The molecule has 0 unspecified atom stereocenters. The Labute approximate surface area is 201 Å². The summed E-state index contributed by atoms with van der Waals surface area (Å²) in [5.41, 5.74) is 11.8. The molecule has 0 aliphatic heterocycles. The number of nitrogens with one attached hydrogen (secondary N) is 2. The molecule has 0 saturated heterocycles. The van der Waals surface area contributed by atoms with Gasteiger partial charge in [0.1, 0.15) is 0 Å². The van der Waals surface area contributed by atoms with Gasteiger partial charge in [0.05, 0.1) is 0 Å². The van der Waals surface area contributed by atoms with E-state index in [1.165, 1.54) is 33.4 Å². The van der Waals surface area contributed by atoms with Crippen molar-refractivity contribution in [2.75, 3.05) is 10.6 Å². The van der Waals surface area contributed by atoms with Gasteiger partial charge in [0.2, 0.25) is 0 Å². The molecule has 2 heteroatoms. The Hall–Kier alpha value is -4.30.